The molecule has 1 N–H and O–H groups in total. The molecule has 0 saturated heterocycles. The number of rotatable bonds is 9. The molecule has 2 aromatic rings. The molecule has 0 fully saturated rings. The summed E-state index contributed by atoms with van der Waals surface area (Å²) >= 11 is 0. The Kier molecular flexibility index (Phi) is 8.05. The molecule has 0 heterocycles. The van der Waals surface area contributed by atoms with E-state index in [-0.39, 0.29) is 12.5 Å². The van der Waals surface area contributed by atoms with E-state index in [0.717, 1.165) is 35.5 Å². The van der Waals surface area contributed by atoms with E-state index >= 15 is 0 Å². The molecule has 0 aliphatic rings. The van der Waals surface area contributed by atoms with Crippen molar-refractivity contribution in [2.75, 3.05) is 24.6 Å². The van der Waals surface area contributed by atoms with Gasteiger partial charge in [-0.1, -0.05) is 38.1 Å². The van der Waals surface area contributed by atoms with E-state index in [1.54, 1.807) is 6.21 Å². The summed E-state index contributed by atoms with van der Waals surface area (Å²) in [5.41, 5.74) is 6.82. The highest BCUT2D eigenvalue weighted by molar-refractivity contribution is 5.83. The molecule has 2 aromatic carbocycles. The molecule has 0 aromatic heterocycles. The Labute approximate surface area is 168 Å². The fraction of sp³-hybridized carbons (Fsp3) is 0.391. The Morgan fingerprint density at radius 2 is 1.82 bits per heavy atom. The normalized spacial score (nSPS) is 11.1. The largest absolute Gasteiger partial charge is 0.483 e. The standard InChI is InChI=1S/C23H31N3O2/c1-6-26(7-2)20-11-9-19(10-12-20)15-24-25-23(27)16-28-22-14-18(5)8-13-21(22)17(3)4/h8-15,17H,6-7,16H2,1-5H3,(H,25,27)/b24-15+. The Morgan fingerprint density at radius 1 is 1.14 bits per heavy atom. The molecule has 0 saturated carbocycles. The first kappa shape index (κ1) is 21.5. The molecule has 0 atom stereocenters. The summed E-state index contributed by atoms with van der Waals surface area (Å²) in [5.74, 6) is 0.796. The molecule has 0 aliphatic carbocycles. The van der Waals surface area contributed by atoms with Gasteiger partial charge in [-0.25, -0.2) is 5.43 Å². The zero-order valence-electron chi connectivity index (χ0n) is 17.5. The van der Waals surface area contributed by atoms with Gasteiger partial charge in [0.15, 0.2) is 6.61 Å². The molecule has 5 nitrogen and oxygen atoms in total. The maximum absolute atomic E-state index is 12.0. The summed E-state index contributed by atoms with van der Waals surface area (Å²) in [6.45, 7) is 12.4. The first-order chi connectivity index (χ1) is 13.4. The number of amides is 1. The quantitative estimate of drug-likeness (QED) is 0.514. The van der Waals surface area contributed by atoms with E-state index in [1.807, 2.05) is 31.2 Å². The molecule has 5 heteroatoms. The molecule has 0 bridgehead atoms. The molecule has 2 rings (SSSR count). The van der Waals surface area contributed by atoms with Gasteiger partial charge in [-0.2, -0.15) is 5.10 Å². The van der Waals surface area contributed by atoms with Crippen molar-refractivity contribution in [3.05, 3.63) is 59.2 Å². The topological polar surface area (TPSA) is 53.9 Å². The van der Waals surface area contributed by atoms with Crippen LogP contribution in [0, 0.1) is 6.92 Å². The second kappa shape index (κ2) is 10.5. The number of hydrogen-bond donors (Lipinski definition) is 1. The van der Waals surface area contributed by atoms with Crippen LogP contribution in [-0.4, -0.2) is 31.8 Å². The highest BCUT2D eigenvalue weighted by Gasteiger charge is 2.10. The van der Waals surface area contributed by atoms with Crippen LogP contribution in [0.3, 0.4) is 0 Å². The third-order valence-electron chi connectivity index (χ3n) is 4.57. The second-order valence-electron chi connectivity index (χ2n) is 7.04. The molecule has 150 valence electrons. The fourth-order valence-electron chi connectivity index (χ4n) is 2.96. The number of hydrazone groups is 1. The number of nitrogens with one attached hydrogen (secondary N) is 1. The Bertz CT molecular complexity index is 794. The molecule has 0 unspecified atom stereocenters. The van der Waals surface area contributed by atoms with Crippen molar-refractivity contribution in [3.8, 4) is 5.75 Å². The molecule has 28 heavy (non-hydrogen) atoms. The average molecular weight is 382 g/mol. The third kappa shape index (κ3) is 6.12. The van der Waals surface area contributed by atoms with Gasteiger partial charge < -0.3 is 9.64 Å². The summed E-state index contributed by atoms with van der Waals surface area (Å²) in [5, 5.41) is 4.03. The number of hydrogen-bond acceptors (Lipinski definition) is 4. The van der Waals surface area contributed by atoms with Gasteiger partial charge >= 0.3 is 0 Å². The average Bonchev–Trinajstić information content (AvgIpc) is 2.68. The van der Waals surface area contributed by atoms with E-state index in [2.05, 4.69) is 61.3 Å². The monoisotopic (exact) mass is 381 g/mol. The molecule has 0 spiro atoms. The van der Waals surface area contributed by atoms with Crippen LogP contribution in [0.25, 0.3) is 0 Å². The minimum atomic E-state index is -0.285. The summed E-state index contributed by atoms with van der Waals surface area (Å²) in [4.78, 5) is 14.3. The lowest BCUT2D eigenvalue weighted by atomic mass is 10.0. The molecular weight excluding hydrogens is 350 g/mol. The zero-order chi connectivity index (χ0) is 20.5. The van der Waals surface area contributed by atoms with Crippen molar-refractivity contribution in [1.82, 2.24) is 5.43 Å². The van der Waals surface area contributed by atoms with Gasteiger partial charge in [0.05, 0.1) is 6.21 Å². The van der Waals surface area contributed by atoms with E-state index in [9.17, 15) is 4.79 Å². The lowest BCUT2D eigenvalue weighted by Gasteiger charge is -2.20. The van der Waals surface area contributed by atoms with Gasteiger partial charge in [0.2, 0.25) is 0 Å². The molecule has 1 amide bonds. The van der Waals surface area contributed by atoms with Crippen LogP contribution in [0.4, 0.5) is 5.69 Å². The summed E-state index contributed by atoms with van der Waals surface area (Å²) in [7, 11) is 0. The molecule has 0 aliphatic heterocycles. The minimum absolute atomic E-state index is 0.0680. The van der Waals surface area contributed by atoms with Gasteiger partial charge in [0.1, 0.15) is 5.75 Å². The predicted octanol–water partition coefficient (Wildman–Crippen LogP) is 4.49. The lowest BCUT2D eigenvalue weighted by molar-refractivity contribution is -0.123. The van der Waals surface area contributed by atoms with E-state index in [4.69, 9.17) is 4.74 Å². The van der Waals surface area contributed by atoms with Gasteiger partial charge in [-0.05, 0) is 61.6 Å². The van der Waals surface area contributed by atoms with Crippen LogP contribution in [0.1, 0.15) is 50.3 Å². The predicted molar refractivity (Wildman–Crippen MR) is 117 cm³/mol. The lowest BCUT2D eigenvalue weighted by Crippen LogP contribution is -2.25. The van der Waals surface area contributed by atoms with Crippen molar-refractivity contribution < 1.29 is 9.53 Å². The Hall–Kier alpha value is -2.82. The zero-order valence-corrected chi connectivity index (χ0v) is 17.5. The first-order valence-electron chi connectivity index (χ1n) is 9.84. The number of aryl methyl sites for hydroxylation is 1. The van der Waals surface area contributed by atoms with Crippen LogP contribution in [0.5, 0.6) is 5.75 Å². The first-order valence-corrected chi connectivity index (χ1v) is 9.84. The highest BCUT2D eigenvalue weighted by atomic mass is 16.5. The van der Waals surface area contributed by atoms with Gasteiger partial charge in [-0.15, -0.1) is 0 Å². The SMILES string of the molecule is CCN(CC)c1ccc(/C=N/NC(=O)COc2cc(C)ccc2C(C)C)cc1. The number of nitrogens with zero attached hydrogens (tertiary/aromatic N) is 2. The van der Waals surface area contributed by atoms with Crippen molar-refractivity contribution in [2.24, 2.45) is 5.10 Å². The van der Waals surface area contributed by atoms with Gasteiger partial charge in [0.25, 0.3) is 5.91 Å². The number of benzene rings is 2. The number of anilines is 1. The van der Waals surface area contributed by atoms with Gasteiger partial charge in [0, 0.05) is 18.8 Å². The van der Waals surface area contributed by atoms with Crippen molar-refractivity contribution in [1.29, 1.82) is 0 Å². The van der Waals surface area contributed by atoms with E-state index in [0.29, 0.717) is 5.92 Å². The van der Waals surface area contributed by atoms with E-state index in [1.165, 1.54) is 5.69 Å². The summed E-state index contributed by atoms with van der Waals surface area (Å²) in [6, 6.07) is 14.2. The Balaban J connectivity index is 1.88. The Morgan fingerprint density at radius 3 is 2.43 bits per heavy atom. The number of carbonyl (C=O) groups excluding carboxylic acids is 1. The minimum Gasteiger partial charge on any atom is -0.483 e. The highest BCUT2D eigenvalue weighted by Crippen LogP contribution is 2.27. The fourth-order valence-corrected chi connectivity index (χ4v) is 2.96. The number of carbonyl (C=O) groups is 1. The van der Waals surface area contributed by atoms with E-state index < -0.39 is 0 Å². The second-order valence-corrected chi connectivity index (χ2v) is 7.04. The number of ether oxygens (including phenoxy) is 1. The third-order valence-corrected chi connectivity index (χ3v) is 4.57. The summed E-state index contributed by atoms with van der Waals surface area (Å²) in [6.07, 6.45) is 1.64. The van der Waals surface area contributed by atoms with Crippen LogP contribution in [0.2, 0.25) is 0 Å². The summed E-state index contributed by atoms with van der Waals surface area (Å²) < 4.78 is 5.72. The molecule has 0 radical (unpaired) electrons. The van der Waals surface area contributed by atoms with Crippen LogP contribution >= 0.6 is 0 Å². The van der Waals surface area contributed by atoms with Crippen LogP contribution in [-0.2, 0) is 4.79 Å². The molecular formula is C23H31N3O2. The van der Waals surface area contributed by atoms with Gasteiger partial charge in [-0.3, -0.25) is 4.79 Å². The van der Waals surface area contributed by atoms with Crippen molar-refractivity contribution >= 4 is 17.8 Å². The smallest absolute Gasteiger partial charge is 0.277 e. The van der Waals surface area contributed by atoms with Crippen molar-refractivity contribution in [3.63, 3.8) is 0 Å². The maximum atomic E-state index is 12.0. The van der Waals surface area contributed by atoms with Crippen molar-refractivity contribution in [2.45, 2.75) is 40.5 Å². The van der Waals surface area contributed by atoms with Crippen LogP contribution < -0.4 is 15.1 Å². The maximum Gasteiger partial charge on any atom is 0.277 e. The van der Waals surface area contributed by atoms with Crippen LogP contribution in [0.15, 0.2) is 47.6 Å².